The molecule has 0 amide bonds. The van der Waals surface area contributed by atoms with Crippen LogP contribution in [0.3, 0.4) is 0 Å². The van der Waals surface area contributed by atoms with Crippen molar-refractivity contribution in [1.29, 1.82) is 0 Å². The van der Waals surface area contributed by atoms with Gasteiger partial charge < -0.3 is 20.1 Å². The Morgan fingerprint density at radius 3 is 2.38 bits per heavy atom. The van der Waals surface area contributed by atoms with Gasteiger partial charge in [-0.2, -0.15) is 0 Å². The largest absolute Gasteiger partial charge is 1.00 e. The molecule has 4 saturated carbocycles. The second-order valence-corrected chi connectivity index (χ2v) is 11.3. The summed E-state index contributed by atoms with van der Waals surface area (Å²) in [4.78, 5) is 10.9. The van der Waals surface area contributed by atoms with Gasteiger partial charge in [0.15, 0.2) is 0 Å². The summed E-state index contributed by atoms with van der Waals surface area (Å²) in [6.07, 6.45) is 8.91. The molecule has 2 N–H and O–H groups in total. The van der Waals surface area contributed by atoms with E-state index in [4.69, 9.17) is 0 Å². The summed E-state index contributed by atoms with van der Waals surface area (Å²) in [5.74, 6) is 1.99. The van der Waals surface area contributed by atoms with Gasteiger partial charge in [-0.25, -0.2) is 0 Å². The Bertz CT molecular complexity index is 612. The zero-order valence-electron chi connectivity index (χ0n) is 18.9. The third-order valence-corrected chi connectivity index (χ3v) is 10.2. The molecule has 4 aliphatic rings. The molecule has 4 rings (SSSR count). The molecule has 10 atom stereocenters. The summed E-state index contributed by atoms with van der Waals surface area (Å²) in [7, 11) is 0. The Morgan fingerprint density at radius 1 is 1.03 bits per heavy atom. The third kappa shape index (κ3) is 3.99. The number of hydrogen-bond acceptors (Lipinski definition) is 4. The number of aliphatic hydroxyl groups is 2. The van der Waals surface area contributed by atoms with Gasteiger partial charge in [-0.05, 0) is 111 Å². The molecule has 0 saturated heterocycles. The normalized spacial score (nSPS) is 49.9. The van der Waals surface area contributed by atoms with Crippen LogP contribution in [0.15, 0.2) is 0 Å². The van der Waals surface area contributed by atoms with Gasteiger partial charge in [0.1, 0.15) is 0 Å². The minimum atomic E-state index is -0.934. The Hall–Kier alpha value is 0.390. The fraction of sp³-hybridized carbons (Fsp3) is 0.958. The van der Waals surface area contributed by atoms with Crippen molar-refractivity contribution in [1.82, 2.24) is 0 Å². The molecule has 8 unspecified atom stereocenters. The quantitative estimate of drug-likeness (QED) is 0.642. The minimum Gasteiger partial charge on any atom is -0.550 e. The van der Waals surface area contributed by atoms with E-state index in [1.54, 1.807) is 0 Å². The van der Waals surface area contributed by atoms with Crippen LogP contribution in [0.25, 0.3) is 0 Å². The van der Waals surface area contributed by atoms with E-state index in [1.165, 1.54) is 25.7 Å². The van der Waals surface area contributed by atoms with Crippen molar-refractivity contribution >= 4 is 5.97 Å². The molecule has 0 heterocycles. The first-order chi connectivity index (χ1) is 13.2. The molecule has 4 nitrogen and oxygen atoms in total. The van der Waals surface area contributed by atoms with Gasteiger partial charge in [-0.1, -0.05) is 20.8 Å². The van der Waals surface area contributed by atoms with Crippen LogP contribution in [0.5, 0.6) is 0 Å². The van der Waals surface area contributed by atoms with Crippen molar-refractivity contribution in [2.24, 2.45) is 46.3 Å². The van der Waals surface area contributed by atoms with Gasteiger partial charge >= 0.3 is 29.6 Å². The van der Waals surface area contributed by atoms with Crippen molar-refractivity contribution in [3.8, 4) is 0 Å². The van der Waals surface area contributed by atoms with Gasteiger partial charge in [-0.3, -0.25) is 0 Å². The second-order valence-electron chi connectivity index (χ2n) is 11.3. The summed E-state index contributed by atoms with van der Waals surface area (Å²) in [5.41, 5.74) is 0.494. The van der Waals surface area contributed by atoms with Crippen LogP contribution < -0.4 is 34.7 Å². The molecule has 160 valence electrons. The van der Waals surface area contributed by atoms with Crippen LogP contribution in [-0.4, -0.2) is 28.4 Å². The SMILES string of the molecule is CC(CCC(=O)[O-])C1CCC2C3C(O)CC4CC(O)CC[C@]4(C)C3CC[C@]12C.[Na+]. The molecule has 0 aromatic rings. The van der Waals surface area contributed by atoms with Gasteiger partial charge in [0.25, 0.3) is 0 Å². The predicted molar refractivity (Wildman–Crippen MR) is 106 cm³/mol. The average molecular weight is 415 g/mol. The minimum absolute atomic E-state index is 0. The Kier molecular flexibility index (Phi) is 7.24. The van der Waals surface area contributed by atoms with Crippen molar-refractivity contribution in [2.45, 2.75) is 97.2 Å². The summed E-state index contributed by atoms with van der Waals surface area (Å²) in [5, 5.41) is 32.4. The summed E-state index contributed by atoms with van der Waals surface area (Å²) >= 11 is 0. The van der Waals surface area contributed by atoms with E-state index in [1.807, 2.05) is 0 Å². The zero-order chi connectivity index (χ0) is 20.3. The molecular weight excluding hydrogens is 375 g/mol. The summed E-state index contributed by atoms with van der Waals surface area (Å²) in [6, 6.07) is 0. The number of hydrogen-bond donors (Lipinski definition) is 2. The Morgan fingerprint density at radius 2 is 1.69 bits per heavy atom. The second kappa shape index (κ2) is 8.73. The number of aliphatic carboxylic acids is 1. The zero-order valence-corrected chi connectivity index (χ0v) is 20.9. The number of rotatable bonds is 4. The first-order valence-corrected chi connectivity index (χ1v) is 11.7. The molecule has 0 spiro atoms. The van der Waals surface area contributed by atoms with Crippen molar-refractivity contribution in [3.05, 3.63) is 0 Å². The average Bonchev–Trinajstić information content (AvgIpc) is 2.98. The monoisotopic (exact) mass is 414 g/mol. The van der Waals surface area contributed by atoms with Crippen LogP contribution in [0.4, 0.5) is 0 Å². The predicted octanol–water partition coefficient (Wildman–Crippen LogP) is 0.147. The number of carbonyl (C=O) groups excluding carboxylic acids is 1. The molecule has 0 aromatic heterocycles. The molecule has 5 heteroatoms. The van der Waals surface area contributed by atoms with E-state index in [-0.39, 0.29) is 59.0 Å². The molecule has 0 radical (unpaired) electrons. The summed E-state index contributed by atoms with van der Waals surface area (Å²) in [6.45, 7) is 7.11. The molecule has 29 heavy (non-hydrogen) atoms. The maximum atomic E-state index is 11.2. The van der Waals surface area contributed by atoms with Gasteiger partial charge in [0.2, 0.25) is 0 Å². The van der Waals surface area contributed by atoms with Gasteiger partial charge in [0.05, 0.1) is 12.2 Å². The first kappa shape index (κ1) is 24.0. The number of carboxylic acid groups (broad SMARTS) is 1. The van der Waals surface area contributed by atoms with Crippen molar-refractivity contribution in [2.75, 3.05) is 0 Å². The maximum absolute atomic E-state index is 11.2. The molecule has 0 aliphatic heterocycles. The standard InChI is InChI=1S/C24H40O4.Na/c1-14(4-7-21(27)28)17-5-6-18-22-19(9-11-24(17,18)3)23(2)10-8-16(25)12-15(23)13-20(22)26;/h14-20,22,25-26H,4-13H2,1-3H3,(H,27,28);/q;+1/p-1/t14?,15?,16?,17?,18?,19?,20?,22?,23-,24+;/m0./s1. The summed E-state index contributed by atoms with van der Waals surface area (Å²) < 4.78 is 0. The number of aliphatic hydroxyl groups excluding tert-OH is 2. The van der Waals surface area contributed by atoms with Crippen molar-refractivity contribution < 1.29 is 49.7 Å². The van der Waals surface area contributed by atoms with Crippen LogP contribution in [-0.2, 0) is 4.79 Å². The van der Waals surface area contributed by atoms with Crippen LogP contribution in [0, 0.1) is 46.3 Å². The van der Waals surface area contributed by atoms with E-state index < -0.39 is 5.97 Å². The number of carbonyl (C=O) groups is 1. The number of carboxylic acids is 1. The molecule has 4 aliphatic carbocycles. The molecule has 0 bridgehead atoms. The first-order valence-electron chi connectivity index (χ1n) is 11.7. The molecule has 0 aromatic carbocycles. The van der Waals surface area contributed by atoms with E-state index in [9.17, 15) is 20.1 Å². The number of fused-ring (bicyclic) bond motifs is 5. The van der Waals surface area contributed by atoms with Crippen LogP contribution in [0.1, 0.15) is 85.0 Å². The fourth-order valence-electron chi connectivity index (χ4n) is 8.72. The van der Waals surface area contributed by atoms with Gasteiger partial charge in [0, 0.05) is 5.97 Å². The van der Waals surface area contributed by atoms with E-state index in [0.717, 1.165) is 25.7 Å². The smallest absolute Gasteiger partial charge is 0.550 e. The molecule has 4 fully saturated rings. The van der Waals surface area contributed by atoms with E-state index in [0.29, 0.717) is 41.9 Å². The van der Waals surface area contributed by atoms with Crippen molar-refractivity contribution in [3.63, 3.8) is 0 Å². The third-order valence-electron chi connectivity index (χ3n) is 10.2. The van der Waals surface area contributed by atoms with E-state index >= 15 is 0 Å². The topological polar surface area (TPSA) is 80.6 Å². The Labute approximate surface area is 198 Å². The molecular formula is C24H39NaO4. The fourth-order valence-corrected chi connectivity index (χ4v) is 8.72. The van der Waals surface area contributed by atoms with E-state index in [2.05, 4.69) is 20.8 Å². The van der Waals surface area contributed by atoms with Crippen LogP contribution >= 0.6 is 0 Å². The Balaban J connectivity index is 0.00000240. The van der Waals surface area contributed by atoms with Crippen LogP contribution in [0.2, 0.25) is 0 Å². The maximum Gasteiger partial charge on any atom is 1.00 e. The van der Waals surface area contributed by atoms with Gasteiger partial charge in [-0.15, -0.1) is 0 Å².